The Labute approximate surface area is 91.2 Å². The molecule has 1 saturated heterocycles. The van der Waals surface area contributed by atoms with E-state index in [0.717, 1.165) is 25.9 Å². The number of hydrogen-bond acceptors (Lipinski definition) is 3. The first-order valence-electron chi connectivity index (χ1n) is 5.66. The molecule has 15 heavy (non-hydrogen) atoms. The lowest BCUT2D eigenvalue weighted by Gasteiger charge is -2.17. The van der Waals surface area contributed by atoms with E-state index in [0.29, 0.717) is 18.4 Å². The van der Waals surface area contributed by atoms with E-state index in [4.69, 9.17) is 9.84 Å². The van der Waals surface area contributed by atoms with Crippen LogP contribution in [0.4, 0.5) is 4.79 Å². The average Bonchev–Trinajstić information content (AvgIpc) is 2.63. The lowest BCUT2D eigenvalue weighted by molar-refractivity contribution is 0.0978. The molecule has 0 aromatic heterocycles. The van der Waals surface area contributed by atoms with Gasteiger partial charge in [-0.15, -0.1) is 0 Å². The summed E-state index contributed by atoms with van der Waals surface area (Å²) in [7, 11) is 0. The highest BCUT2D eigenvalue weighted by atomic mass is 16.6. The van der Waals surface area contributed by atoms with Gasteiger partial charge >= 0.3 is 6.09 Å². The lowest BCUT2D eigenvalue weighted by Crippen LogP contribution is -2.30. The summed E-state index contributed by atoms with van der Waals surface area (Å²) in [5.41, 5.74) is 0. The summed E-state index contributed by atoms with van der Waals surface area (Å²) in [4.78, 5) is 13.3. The van der Waals surface area contributed by atoms with Crippen molar-refractivity contribution in [2.24, 2.45) is 11.8 Å². The molecule has 0 aromatic carbocycles. The van der Waals surface area contributed by atoms with Crippen molar-refractivity contribution < 1.29 is 14.6 Å². The van der Waals surface area contributed by atoms with Crippen LogP contribution in [-0.4, -0.2) is 42.4 Å². The van der Waals surface area contributed by atoms with Gasteiger partial charge in [0.2, 0.25) is 0 Å². The Morgan fingerprint density at radius 1 is 1.60 bits per heavy atom. The molecule has 0 spiro atoms. The Morgan fingerprint density at radius 2 is 2.33 bits per heavy atom. The third kappa shape index (κ3) is 4.08. The molecule has 1 unspecified atom stereocenters. The van der Waals surface area contributed by atoms with Crippen LogP contribution in [0.15, 0.2) is 0 Å². The summed E-state index contributed by atoms with van der Waals surface area (Å²) in [6.45, 7) is 6.23. The maximum atomic E-state index is 11.5. The second kappa shape index (κ2) is 5.95. The Balaban J connectivity index is 2.24. The fourth-order valence-corrected chi connectivity index (χ4v) is 1.75. The first kappa shape index (κ1) is 12.3. The molecule has 0 aliphatic carbocycles. The van der Waals surface area contributed by atoms with Crippen LogP contribution in [0.3, 0.4) is 0 Å². The highest BCUT2D eigenvalue weighted by Gasteiger charge is 2.26. The monoisotopic (exact) mass is 215 g/mol. The van der Waals surface area contributed by atoms with Gasteiger partial charge in [-0.1, -0.05) is 13.8 Å². The predicted molar refractivity (Wildman–Crippen MR) is 57.6 cm³/mol. The highest BCUT2D eigenvalue weighted by Crippen LogP contribution is 2.19. The van der Waals surface area contributed by atoms with Crippen LogP contribution in [0.2, 0.25) is 0 Å². The van der Waals surface area contributed by atoms with Gasteiger partial charge in [0.25, 0.3) is 0 Å². The molecule has 4 heteroatoms. The molecule has 1 rings (SSSR count). The van der Waals surface area contributed by atoms with Crippen molar-refractivity contribution >= 4 is 6.09 Å². The van der Waals surface area contributed by atoms with Gasteiger partial charge in [-0.3, -0.25) is 0 Å². The summed E-state index contributed by atoms with van der Waals surface area (Å²) in [5, 5.41) is 8.79. The van der Waals surface area contributed by atoms with Crippen LogP contribution in [0.1, 0.15) is 26.7 Å². The fourth-order valence-electron chi connectivity index (χ4n) is 1.75. The molecular formula is C11H21NO3. The second-order valence-corrected chi connectivity index (χ2v) is 4.58. The van der Waals surface area contributed by atoms with Crippen molar-refractivity contribution in [2.45, 2.75) is 26.7 Å². The smallest absolute Gasteiger partial charge is 0.409 e. The van der Waals surface area contributed by atoms with E-state index in [1.165, 1.54) is 0 Å². The molecule has 0 radical (unpaired) electrons. The first-order valence-corrected chi connectivity index (χ1v) is 5.66. The normalized spacial score (nSPS) is 21.1. The number of aliphatic hydroxyl groups excluding tert-OH is 1. The van der Waals surface area contributed by atoms with Gasteiger partial charge in [0.05, 0.1) is 6.61 Å². The number of nitrogens with zero attached hydrogens (tertiary/aromatic N) is 1. The number of rotatable bonds is 4. The van der Waals surface area contributed by atoms with Gasteiger partial charge < -0.3 is 14.7 Å². The van der Waals surface area contributed by atoms with Crippen LogP contribution < -0.4 is 0 Å². The van der Waals surface area contributed by atoms with Crippen LogP contribution in [0.5, 0.6) is 0 Å². The van der Waals surface area contributed by atoms with Crippen molar-refractivity contribution in [1.82, 2.24) is 4.90 Å². The summed E-state index contributed by atoms with van der Waals surface area (Å²) < 4.78 is 5.14. The summed E-state index contributed by atoms with van der Waals surface area (Å²) in [6, 6.07) is 0. The minimum absolute atomic E-state index is 0.205. The number of ether oxygens (including phenoxy) is 1. The average molecular weight is 215 g/mol. The molecule has 1 heterocycles. The molecule has 0 bridgehead atoms. The van der Waals surface area contributed by atoms with Gasteiger partial charge in [0.1, 0.15) is 0 Å². The van der Waals surface area contributed by atoms with Crippen molar-refractivity contribution in [1.29, 1.82) is 0 Å². The summed E-state index contributed by atoms with van der Waals surface area (Å²) >= 11 is 0. The van der Waals surface area contributed by atoms with Gasteiger partial charge in [0, 0.05) is 19.7 Å². The molecule has 4 nitrogen and oxygen atoms in total. The molecule has 1 fully saturated rings. The molecule has 1 aliphatic rings. The van der Waals surface area contributed by atoms with E-state index in [-0.39, 0.29) is 12.7 Å². The minimum Gasteiger partial charge on any atom is -0.449 e. The number of carbonyl (C=O) groups excluding carboxylic acids is 1. The Hall–Kier alpha value is -0.770. The van der Waals surface area contributed by atoms with E-state index < -0.39 is 0 Å². The third-order valence-electron chi connectivity index (χ3n) is 2.62. The van der Waals surface area contributed by atoms with Crippen molar-refractivity contribution in [3.63, 3.8) is 0 Å². The standard InChI is InChI=1S/C11H21NO3/c1-9(2)8-15-11(14)12-5-3-10(7-12)4-6-13/h9-10,13H,3-8H2,1-2H3. The molecule has 0 saturated carbocycles. The van der Waals surface area contributed by atoms with E-state index in [2.05, 4.69) is 0 Å². The Bertz CT molecular complexity index is 206. The quantitative estimate of drug-likeness (QED) is 0.773. The van der Waals surface area contributed by atoms with Crippen molar-refractivity contribution in [2.75, 3.05) is 26.3 Å². The molecular weight excluding hydrogens is 194 g/mol. The topological polar surface area (TPSA) is 49.8 Å². The Morgan fingerprint density at radius 3 is 2.93 bits per heavy atom. The summed E-state index contributed by atoms with van der Waals surface area (Å²) in [5.74, 6) is 0.825. The SMILES string of the molecule is CC(C)COC(=O)N1CCC(CCO)C1. The fraction of sp³-hybridized carbons (Fsp3) is 0.909. The maximum absolute atomic E-state index is 11.5. The zero-order chi connectivity index (χ0) is 11.3. The zero-order valence-electron chi connectivity index (χ0n) is 9.61. The van der Waals surface area contributed by atoms with E-state index in [1.54, 1.807) is 4.90 Å². The van der Waals surface area contributed by atoms with Crippen LogP contribution in [0.25, 0.3) is 0 Å². The van der Waals surface area contributed by atoms with E-state index in [1.807, 2.05) is 13.8 Å². The van der Waals surface area contributed by atoms with E-state index >= 15 is 0 Å². The predicted octanol–water partition coefficient (Wildman–Crippen LogP) is 1.48. The molecule has 1 aliphatic heterocycles. The number of hydrogen-bond donors (Lipinski definition) is 1. The molecule has 0 aromatic rings. The number of aliphatic hydroxyl groups is 1. The highest BCUT2D eigenvalue weighted by molar-refractivity contribution is 5.67. The zero-order valence-corrected chi connectivity index (χ0v) is 9.61. The molecule has 1 N–H and O–H groups in total. The van der Waals surface area contributed by atoms with Crippen LogP contribution in [0, 0.1) is 11.8 Å². The van der Waals surface area contributed by atoms with Crippen molar-refractivity contribution in [3.8, 4) is 0 Å². The van der Waals surface area contributed by atoms with Gasteiger partial charge in [0.15, 0.2) is 0 Å². The number of amides is 1. The van der Waals surface area contributed by atoms with Crippen LogP contribution >= 0.6 is 0 Å². The first-order chi connectivity index (χ1) is 7.13. The maximum Gasteiger partial charge on any atom is 0.409 e. The van der Waals surface area contributed by atoms with Gasteiger partial charge in [-0.2, -0.15) is 0 Å². The van der Waals surface area contributed by atoms with Crippen molar-refractivity contribution in [3.05, 3.63) is 0 Å². The van der Waals surface area contributed by atoms with Crippen LogP contribution in [-0.2, 0) is 4.74 Å². The molecule has 88 valence electrons. The second-order valence-electron chi connectivity index (χ2n) is 4.58. The largest absolute Gasteiger partial charge is 0.449 e. The van der Waals surface area contributed by atoms with E-state index in [9.17, 15) is 4.79 Å². The number of likely N-dealkylation sites (tertiary alicyclic amines) is 1. The Kier molecular flexibility index (Phi) is 4.88. The minimum atomic E-state index is -0.205. The molecule has 1 atom stereocenters. The molecule has 1 amide bonds. The lowest BCUT2D eigenvalue weighted by atomic mass is 10.1. The van der Waals surface area contributed by atoms with Gasteiger partial charge in [-0.05, 0) is 24.7 Å². The summed E-state index contributed by atoms with van der Waals surface area (Å²) in [6.07, 6.45) is 1.56. The third-order valence-corrected chi connectivity index (χ3v) is 2.62. The number of carbonyl (C=O) groups is 1. The van der Waals surface area contributed by atoms with Gasteiger partial charge in [-0.25, -0.2) is 4.79 Å².